The third-order valence-corrected chi connectivity index (χ3v) is 2.56. The highest BCUT2D eigenvalue weighted by Gasteiger charge is 2.31. The molecule has 0 spiro atoms. The molecule has 0 aromatic heterocycles. The van der Waals surface area contributed by atoms with Crippen molar-refractivity contribution in [1.82, 2.24) is 14.7 Å². The first-order chi connectivity index (χ1) is 6.43. The van der Waals surface area contributed by atoms with Gasteiger partial charge in [-0.2, -0.15) is 0 Å². The van der Waals surface area contributed by atoms with Crippen LogP contribution in [0.15, 0.2) is 0 Å². The first kappa shape index (κ1) is 10.9. The van der Waals surface area contributed by atoms with Gasteiger partial charge in [-0.25, -0.2) is 0 Å². The molecule has 0 aliphatic carbocycles. The number of hydrogen-bond acceptors (Lipinski definition) is 3. The summed E-state index contributed by atoms with van der Waals surface area (Å²) in [6, 6.07) is 0. The summed E-state index contributed by atoms with van der Waals surface area (Å²) >= 11 is 5.01. The highest BCUT2D eigenvalue weighted by molar-refractivity contribution is 7.80. The highest BCUT2D eigenvalue weighted by atomic mass is 32.1. The normalized spacial score (nSPS) is 16.5. The predicted molar refractivity (Wildman–Crippen MR) is 55.6 cm³/mol. The van der Waals surface area contributed by atoms with Crippen LogP contribution in [0.4, 0.5) is 0 Å². The Morgan fingerprint density at radius 1 is 1.57 bits per heavy atom. The summed E-state index contributed by atoms with van der Waals surface area (Å²) in [5.74, 6) is -0.247. The van der Waals surface area contributed by atoms with Crippen molar-refractivity contribution in [1.29, 1.82) is 0 Å². The Labute approximate surface area is 88.2 Å². The molecule has 0 aromatic rings. The van der Waals surface area contributed by atoms with Gasteiger partial charge < -0.3 is 9.80 Å². The van der Waals surface area contributed by atoms with Gasteiger partial charge in [-0.15, -0.1) is 0 Å². The second kappa shape index (κ2) is 3.91. The molecule has 0 unspecified atom stereocenters. The lowest BCUT2D eigenvalue weighted by molar-refractivity contribution is -0.134. The van der Waals surface area contributed by atoms with Gasteiger partial charge in [0.25, 0.3) is 0 Å². The molecule has 1 fully saturated rings. The minimum atomic E-state index is -0.129. The van der Waals surface area contributed by atoms with E-state index in [9.17, 15) is 9.59 Å². The fraction of sp³-hybridized carbons (Fsp3) is 0.625. The number of thiocarbonyl (C=S) groups is 1. The fourth-order valence-electron chi connectivity index (χ4n) is 1.10. The maximum atomic E-state index is 11.4. The zero-order chi connectivity index (χ0) is 10.9. The molecule has 1 saturated heterocycles. The average Bonchev–Trinajstić information content (AvgIpc) is 2.32. The van der Waals surface area contributed by atoms with Crippen LogP contribution in [0.25, 0.3) is 0 Å². The van der Waals surface area contributed by atoms with Crippen molar-refractivity contribution >= 4 is 29.1 Å². The first-order valence-corrected chi connectivity index (χ1v) is 4.60. The quantitative estimate of drug-likeness (QED) is 0.562. The topological polar surface area (TPSA) is 43.9 Å². The van der Waals surface area contributed by atoms with Crippen LogP contribution >= 0.6 is 12.2 Å². The molecule has 0 aromatic carbocycles. The van der Waals surface area contributed by atoms with Gasteiger partial charge in [0.15, 0.2) is 5.11 Å². The number of hydrogen-bond donors (Lipinski definition) is 0. The number of carbonyl (C=O) groups excluding carboxylic acids is 2. The predicted octanol–water partition coefficient (Wildman–Crippen LogP) is -0.866. The van der Waals surface area contributed by atoms with Crippen molar-refractivity contribution in [3.05, 3.63) is 0 Å². The Kier molecular flexibility index (Phi) is 3.05. The summed E-state index contributed by atoms with van der Waals surface area (Å²) in [4.78, 5) is 27.2. The van der Waals surface area contributed by atoms with E-state index in [-0.39, 0.29) is 24.9 Å². The van der Waals surface area contributed by atoms with Gasteiger partial charge in [-0.3, -0.25) is 14.5 Å². The molecule has 2 amide bonds. The van der Waals surface area contributed by atoms with Gasteiger partial charge in [0.05, 0.1) is 6.54 Å². The third-order valence-electron chi connectivity index (χ3n) is 2.02. The van der Waals surface area contributed by atoms with Crippen molar-refractivity contribution in [2.75, 3.05) is 34.2 Å². The van der Waals surface area contributed by atoms with Crippen molar-refractivity contribution < 1.29 is 9.59 Å². The molecule has 5 nitrogen and oxygen atoms in total. The Bertz CT molecular complexity index is 290. The van der Waals surface area contributed by atoms with E-state index in [2.05, 4.69) is 0 Å². The standard InChI is InChI=1S/C8H13N3O2S/c1-9(2)6(12)5-11-7(13)4-10(3)8(11)14/h4-5H2,1-3H3. The minimum Gasteiger partial charge on any atom is -0.347 e. The van der Waals surface area contributed by atoms with Crippen LogP contribution in [0, 0.1) is 0 Å². The number of amides is 2. The third kappa shape index (κ3) is 2.01. The number of carbonyl (C=O) groups is 2. The Morgan fingerprint density at radius 3 is 2.50 bits per heavy atom. The molecular formula is C8H13N3O2S. The van der Waals surface area contributed by atoms with Crippen LogP contribution in [-0.4, -0.2) is 65.9 Å². The SMILES string of the molecule is CN(C)C(=O)CN1C(=O)CN(C)C1=S. The summed E-state index contributed by atoms with van der Waals surface area (Å²) in [5, 5.41) is 0.421. The first-order valence-electron chi connectivity index (χ1n) is 4.19. The lowest BCUT2D eigenvalue weighted by atomic mass is 10.5. The second-order valence-corrected chi connectivity index (χ2v) is 3.77. The molecule has 0 bridgehead atoms. The van der Waals surface area contributed by atoms with Gasteiger partial charge in [-0.1, -0.05) is 0 Å². The van der Waals surface area contributed by atoms with E-state index >= 15 is 0 Å². The van der Waals surface area contributed by atoms with E-state index < -0.39 is 0 Å². The van der Waals surface area contributed by atoms with Crippen LogP contribution in [0.1, 0.15) is 0 Å². The average molecular weight is 215 g/mol. The van der Waals surface area contributed by atoms with Crippen molar-refractivity contribution in [3.63, 3.8) is 0 Å². The monoisotopic (exact) mass is 215 g/mol. The lowest BCUT2D eigenvalue weighted by Crippen LogP contribution is -2.40. The maximum absolute atomic E-state index is 11.4. The minimum absolute atomic E-state index is 0.0367. The molecule has 78 valence electrons. The summed E-state index contributed by atoms with van der Waals surface area (Å²) in [6.45, 7) is 0.300. The molecule has 1 aliphatic rings. The van der Waals surface area contributed by atoms with E-state index in [0.717, 1.165) is 0 Å². The van der Waals surface area contributed by atoms with Crippen molar-refractivity contribution in [3.8, 4) is 0 Å². The number of rotatable bonds is 2. The smallest absolute Gasteiger partial charge is 0.248 e. The zero-order valence-corrected chi connectivity index (χ0v) is 9.30. The molecule has 0 radical (unpaired) electrons. The Balaban J connectivity index is 2.65. The largest absolute Gasteiger partial charge is 0.347 e. The number of nitrogens with zero attached hydrogens (tertiary/aromatic N) is 3. The lowest BCUT2D eigenvalue weighted by Gasteiger charge is -2.18. The van der Waals surface area contributed by atoms with Crippen LogP contribution in [-0.2, 0) is 9.59 Å². The van der Waals surface area contributed by atoms with Gasteiger partial charge >= 0.3 is 0 Å². The molecule has 0 N–H and O–H groups in total. The zero-order valence-electron chi connectivity index (χ0n) is 8.48. The maximum Gasteiger partial charge on any atom is 0.248 e. The van der Waals surface area contributed by atoms with Crippen molar-refractivity contribution in [2.45, 2.75) is 0 Å². The van der Waals surface area contributed by atoms with Crippen LogP contribution in [0.3, 0.4) is 0 Å². The molecule has 14 heavy (non-hydrogen) atoms. The highest BCUT2D eigenvalue weighted by Crippen LogP contribution is 2.07. The van der Waals surface area contributed by atoms with E-state index in [1.54, 1.807) is 26.0 Å². The summed E-state index contributed by atoms with van der Waals surface area (Å²) in [5.41, 5.74) is 0. The summed E-state index contributed by atoms with van der Waals surface area (Å²) in [7, 11) is 5.03. The van der Waals surface area contributed by atoms with Gasteiger partial charge in [0, 0.05) is 21.1 Å². The van der Waals surface area contributed by atoms with Crippen LogP contribution in [0.2, 0.25) is 0 Å². The van der Waals surface area contributed by atoms with Crippen LogP contribution in [0.5, 0.6) is 0 Å². The summed E-state index contributed by atoms with van der Waals surface area (Å²) in [6.07, 6.45) is 0. The Hall–Kier alpha value is -1.17. The van der Waals surface area contributed by atoms with E-state index in [4.69, 9.17) is 12.2 Å². The van der Waals surface area contributed by atoms with Gasteiger partial charge in [-0.05, 0) is 12.2 Å². The second-order valence-electron chi connectivity index (χ2n) is 3.41. The van der Waals surface area contributed by atoms with Crippen LogP contribution < -0.4 is 0 Å². The summed E-state index contributed by atoms with van der Waals surface area (Å²) < 4.78 is 0. The number of likely N-dealkylation sites (N-methyl/N-ethyl adjacent to an activating group) is 2. The fourth-order valence-corrected chi connectivity index (χ4v) is 1.33. The molecule has 1 heterocycles. The van der Waals surface area contributed by atoms with Gasteiger partial charge in [0.1, 0.15) is 6.54 Å². The molecule has 6 heteroatoms. The van der Waals surface area contributed by atoms with E-state index in [1.807, 2.05) is 0 Å². The van der Waals surface area contributed by atoms with Crippen molar-refractivity contribution in [2.24, 2.45) is 0 Å². The molecule has 1 aliphatic heterocycles. The molecule has 0 saturated carbocycles. The molecular weight excluding hydrogens is 202 g/mol. The van der Waals surface area contributed by atoms with Gasteiger partial charge in [0.2, 0.25) is 11.8 Å². The molecule has 0 atom stereocenters. The Morgan fingerprint density at radius 2 is 2.14 bits per heavy atom. The molecule has 1 rings (SSSR count). The van der Waals surface area contributed by atoms with E-state index in [1.165, 1.54) is 9.80 Å². The van der Waals surface area contributed by atoms with E-state index in [0.29, 0.717) is 5.11 Å².